The fraction of sp³-hybridized carbons (Fsp3) is 0.188. The van der Waals surface area contributed by atoms with Crippen molar-refractivity contribution in [3.05, 3.63) is 53.8 Å². The molecule has 3 rings (SSSR count). The van der Waals surface area contributed by atoms with Crippen LogP contribution < -0.4 is 10.5 Å². The van der Waals surface area contributed by atoms with Gasteiger partial charge in [-0.2, -0.15) is 0 Å². The summed E-state index contributed by atoms with van der Waals surface area (Å²) in [5.74, 6) is 0.840. The van der Waals surface area contributed by atoms with Crippen LogP contribution in [-0.4, -0.2) is 16.7 Å². The second kappa shape index (κ2) is 5.09. The summed E-state index contributed by atoms with van der Waals surface area (Å²) in [4.78, 5) is 4.39. The molecule has 0 aliphatic heterocycles. The molecule has 0 bridgehead atoms. The topological polar surface area (TPSA) is 53.1 Å². The molecule has 1 unspecified atom stereocenters. The van der Waals surface area contributed by atoms with Gasteiger partial charge in [-0.05, 0) is 36.8 Å². The molecule has 1 heterocycles. The smallest absolute Gasteiger partial charge is 0.201 e. The van der Waals surface area contributed by atoms with Crippen molar-refractivity contribution in [2.24, 2.45) is 0 Å². The Bertz CT molecular complexity index is 780. The van der Waals surface area contributed by atoms with E-state index < -0.39 is 0 Å². The molecule has 3 aromatic rings. The Morgan fingerprint density at radius 3 is 2.57 bits per heavy atom. The standard InChI is InChI=1S/C16H16FN3O/c1-10(11-6-8-12(17)9-7-11)20-13-4-3-5-14(21-2)15(13)19-16(20)18/h3-10H,1-2H3,(H2,18,19). The minimum atomic E-state index is -0.254. The Balaban J connectivity index is 2.15. The van der Waals surface area contributed by atoms with Crippen molar-refractivity contribution in [2.75, 3.05) is 12.8 Å². The number of hydrogen-bond donors (Lipinski definition) is 1. The number of fused-ring (bicyclic) bond motifs is 1. The number of anilines is 1. The summed E-state index contributed by atoms with van der Waals surface area (Å²) in [6.07, 6.45) is 0. The average Bonchev–Trinajstić information content (AvgIpc) is 2.83. The second-order valence-corrected chi connectivity index (χ2v) is 4.90. The van der Waals surface area contributed by atoms with Crippen LogP contribution in [0.3, 0.4) is 0 Å². The maximum atomic E-state index is 13.1. The molecular formula is C16H16FN3O. The van der Waals surface area contributed by atoms with Gasteiger partial charge in [-0.15, -0.1) is 0 Å². The van der Waals surface area contributed by atoms with Gasteiger partial charge in [0.1, 0.15) is 17.1 Å². The number of nitrogens with zero attached hydrogens (tertiary/aromatic N) is 2. The van der Waals surface area contributed by atoms with Gasteiger partial charge in [0.15, 0.2) is 0 Å². The quantitative estimate of drug-likeness (QED) is 0.802. The molecule has 1 aromatic heterocycles. The molecule has 5 heteroatoms. The zero-order chi connectivity index (χ0) is 15.0. The SMILES string of the molecule is COc1cccc2c1nc(N)n2C(C)c1ccc(F)cc1. The summed E-state index contributed by atoms with van der Waals surface area (Å²) >= 11 is 0. The van der Waals surface area contributed by atoms with Gasteiger partial charge in [-0.25, -0.2) is 9.37 Å². The third-order valence-electron chi connectivity index (χ3n) is 3.67. The van der Waals surface area contributed by atoms with Gasteiger partial charge in [0, 0.05) is 0 Å². The van der Waals surface area contributed by atoms with Gasteiger partial charge < -0.3 is 15.0 Å². The molecule has 0 saturated carbocycles. The number of aromatic nitrogens is 2. The zero-order valence-corrected chi connectivity index (χ0v) is 11.9. The molecule has 0 amide bonds. The number of nitrogens with two attached hydrogens (primary N) is 1. The lowest BCUT2D eigenvalue weighted by Gasteiger charge is -2.16. The molecule has 108 valence electrons. The third kappa shape index (κ3) is 2.20. The normalized spacial score (nSPS) is 12.5. The van der Waals surface area contributed by atoms with Crippen molar-refractivity contribution in [3.8, 4) is 5.75 Å². The van der Waals surface area contributed by atoms with Crippen LogP contribution in [0.15, 0.2) is 42.5 Å². The predicted octanol–water partition coefficient (Wildman–Crippen LogP) is 3.38. The third-order valence-corrected chi connectivity index (χ3v) is 3.67. The number of halogens is 1. The molecule has 0 aliphatic rings. The van der Waals surface area contributed by atoms with Crippen LogP contribution in [0.5, 0.6) is 5.75 Å². The molecule has 0 saturated heterocycles. The first kappa shape index (κ1) is 13.4. The minimum Gasteiger partial charge on any atom is -0.494 e. The fourth-order valence-electron chi connectivity index (χ4n) is 2.57. The minimum absolute atomic E-state index is 0.0530. The van der Waals surface area contributed by atoms with Crippen molar-refractivity contribution < 1.29 is 9.13 Å². The van der Waals surface area contributed by atoms with Gasteiger partial charge in [-0.3, -0.25) is 0 Å². The molecule has 0 spiro atoms. The molecule has 0 radical (unpaired) electrons. The Morgan fingerprint density at radius 1 is 1.19 bits per heavy atom. The highest BCUT2D eigenvalue weighted by Gasteiger charge is 2.17. The van der Waals surface area contributed by atoms with Crippen molar-refractivity contribution in [2.45, 2.75) is 13.0 Å². The molecule has 1 atom stereocenters. The second-order valence-electron chi connectivity index (χ2n) is 4.90. The molecular weight excluding hydrogens is 269 g/mol. The number of ether oxygens (including phenoxy) is 1. The Kier molecular flexibility index (Phi) is 3.25. The van der Waals surface area contributed by atoms with Gasteiger partial charge >= 0.3 is 0 Å². The highest BCUT2D eigenvalue weighted by Crippen LogP contribution is 2.31. The van der Waals surface area contributed by atoms with E-state index in [0.29, 0.717) is 11.7 Å². The molecule has 0 fully saturated rings. The van der Waals surface area contributed by atoms with Crippen molar-refractivity contribution in [3.63, 3.8) is 0 Å². The van der Waals surface area contributed by atoms with E-state index >= 15 is 0 Å². The van der Waals surface area contributed by atoms with Gasteiger partial charge in [-0.1, -0.05) is 18.2 Å². The number of benzene rings is 2. The van der Waals surface area contributed by atoms with E-state index in [0.717, 1.165) is 16.6 Å². The van der Waals surface area contributed by atoms with Gasteiger partial charge in [0.2, 0.25) is 5.95 Å². The number of rotatable bonds is 3. The maximum Gasteiger partial charge on any atom is 0.201 e. The Morgan fingerprint density at radius 2 is 1.90 bits per heavy atom. The van der Waals surface area contributed by atoms with Crippen LogP contribution in [0.4, 0.5) is 10.3 Å². The Labute approximate surface area is 122 Å². The lowest BCUT2D eigenvalue weighted by atomic mass is 10.1. The van der Waals surface area contributed by atoms with Crippen molar-refractivity contribution >= 4 is 17.0 Å². The van der Waals surface area contributed by atoms with E-state index in [4.69, 9.17) is 10.5 Å². The first-order chi connectivity index (χ1) is 10.1. The van der Waals surface area contributed by atoms with Crippen molar-refractivity contribution in [1.29, 1.82) is 0 Å². The summed E-state index contributed by atoms with van der Waals surface area (Å²) in [7, 11) is 1.60. The fourth-order valence-corrected chi connectivity index (χ4v) is 2.57. The van der Waals surface area contributed by atoms with E-state index in [1.165, 1.54) is 12.1 Å². The van der Waals surface area contributed by atoms with Gasteiger partial charge in [0.25, 0.3) is 0 Å². The summed E-state index contributed by atoms with van der Waals surface area (Å²) in [6, 6.07) is 12.0. The largest absolute Gasteiger partial charge is 0.494 e. The van der Waals surface area contributed by atoms with E-state index in [1.807, 2.05) is 29.7 Å². The van der Waals surface area contributed by atoms with Crippen LogP contribution in [0.25, 0.3) is 11.0 Å². The highest BCUT2D eigenvalue weighted by molar-refractivity contribution is 5.84. The predicted molar refractivity (Wildman–Crippen MR) is 80.9 cm³/mol. The lowest BCUT2D eigenvalue weighted by molar-refractivity contribution is 0.419. The summed E-state index contributed by atoms with van der Waals surface area (Å²) in [6.45, 7) is 2.00. The van der Waals surface area contributed by atoms with Crippen LogP contribution >= 0.6 is 0 Å². The Hall–Kier alpha value is -2.56. The van der Waals surface area contributed by atoms with E-state index in [-0.39, 0.29) is 11.9 Å². The summed E-state index contributed by atoms with van der Waals surface area (Å²) in [5, 5.41) is 0. The van der Waals surface area contributed by atoms with Gasteiger partial charge in [0.05, 0.1) is 18.7 Å². The maximum absolute atomic E-state index is 13.1. The molecule has 2 N–H and O–H groups in total. The van der Waals surface area contributed by atoms with Crippen LogP contribution in [-0.2, 0) is 0 Å². The average molecular weight is 285 g/mol. The molecule has 21 heavy (non-hydrogen) atoms. The number of para-hydroxylation sites is 1. The van der Waals surface area contributed by atoms with Crippen LogP contribution in [0.1, 0.15) is 18.5 Å². The number of nitrogen functional groups attached to an aromatic ring is 1. The van der Waals surface area contributed by atoms with E-state index in [9.17, 15) is 4.39 Å². The summed E-state index contributed by atoms with van der Waals surface area (Å²) in [5.41, 5.74) is 8.65. The highest BCUT2D eigenvalue weighted by atomic mass is 19.1. The first-order valence-corrected chi connectivity index (χ1v) is 6.67. The number of methoxy groups -OCH3 is 1. The van der Waals surface area contributed by atoms with Crippen LogP contribution in [0.2, 0.25) is 0 Å². The van der Waals surface area contributed by atoms with Crippen LogP contribution in [0, 0.1) is 5.82 Å². The van der Waals surface area contributed by atoms with E-state index in [1.54, 1.807) is 19.2 Å². The number of hydrogen-bond acceptors (Lipinski definition) is 3. The molecule has 0 aliphatic carbocycles. The number of imidazole rings is 1. The molecule has 2 aromatic carbocycles. The lowest BCUT2D eigenvalue weighted by Crippen LogP contribution is -2.10. The summed E-state index contributed by atoms with van der Waals surface area (Å²) < 4.78 is 20.3. The van der Waals surface area contributed by atoms with Crippen molar-refractivity contribution in [1.82, 2.24) is 9.55 Å². The first-order valence-electron chi connectivity index (χ1n) is 6.67. The monoisotopic (exact) mass is 285 g/mol. The molecule has 4 nitrogen and oxygen atoms in total. The zero-order valence-electron chi connectivity index (χ0n) is 11.9. The van der Waals surface area contributed by atoms with E-state index in [2.05, 4.69) is 4.98 Å².